The SMILES string of the molecule is CCOc1ccc(CC(=O)N2C3CCC2CC(n2cc(Cl)cn2)C3)cc1. The average molecular weight is 374 g/mol. The number of carbonyl (C=O) groups excluding carboxylic acids is 1. The molecule has 0 N–H and O–H groups in total. The number of rotatable bonds is 5. The molecule has 4 rings (SSSR count). The van der Waals surface area contributed by atoms with Crippen LogP contribution in [0.2, 0.25) is 5.02 Å². The van der Waals surface area contributed by atoms with Crippen molar-refractivity contribution in [2.24, 2.45) is 0 Å². The summed E-state index contributed by atoms with van der Waals surface area (Å²) in [7, 11) is 0. The summed E-state index contributed by atoms with van der Waals surface area (Å²) in [6.07, 6.45) is 8.14. The highest BCUT2D eigenvalue weighted by atomic mass is 35.5. The van der Waals surface area contributed by atoms with Gasteiger partial charge in [-0.2, -0.15) is 5.10 Å². The first-order chi connectivity index (χ1) is 12.6. The maximum Gasteiger partial charge on any atom is 0.227 e. The molecule has 1 amide bonds. The van der Waals surface area contributed by atoms with Gasteiger partial charge >= 0.3 is 0 Å². The zero-order valence-corrected chi connectivity index (χ0v) is 15.7. The number of ether oxygens (including phenoxy) is 1. The molecule has 0 spiro atoms. The Bertz CT molecular complexity index is 760. The number of amides is 1. The van der Waals surface area contributed by atoms with Crippen LogP contribution in [0.4, 0.5) is 0 Å². The van der Waals surface area contributed by atoms with Gasteiger partial charge in [-0.05, 0) is 50.3 Å². The summed E-state index contributed by atoms with van der Waals surface area (Å²) in [5, 5.41) is 5.04. The fourth-order valence-electron chi connectivity index (χ4n) is 4.42. The Labute approximate surface area is 158 Å². The van der Waals surface area contributed by atoms with Crippen LogP contribution in [0.5, 0.6) is 5.75 Å². The summed E-state index contributed by atoms with van der Waals surface area (Å²) in [6.45, 7) is 2.62. The maximum atomic E-state index is 12.9. The van der Waals surface area contributed by atoms with E-state index in [0.717, 1.165) is 37.0 Å². The molecule has 2 fully saturated rings. The first-order valence-corrected chi connectivity index (χ1v) is 9.74. The van der Waals surface area contributed by atoms with Crippen molar-refractivity contribution in [1.29, 1.82) is 0 Å². The fraction of sp³-hybridized carbons (Fsp3) is 0.500. The smallest absolute Gasteiger partial charge is 0.227 e. The van der Waals surface area contributed by atoms with Gasteiger partial charge in [0.15, 0.2) is 0 Å². The number of piperidine rings is 1. The second kappa shape index (κ2) is 7.31. The van der Waals surface area contributed by atoms with Crippen LogP contribution in [0.25, 0.3) is 0 Å². The molecule has 2 aromatic rings. The number of nitrogens with zero attached hydrogens (tertiary/aromatic N) is 3. The van der Waals surface area contributed by atoms with E-state index in [0.29, 0.717) is 36.2 Å². The summed E-state index contributed by atoms with van der Waals surface area (Å²) < 4.78 is 7.44. The van der Waals surface area contributed by atoms with Crippen LogP contribution in [0, 0.1) is 0 Å². The van der Waals surface area contributed by atoms with Gasteiger partial charge in [0.2, 0.25) is 5.91 Å². The number of aromatic nitrogens is 2. The van der Waals surface area contributed by atoms with Crippen LogP contribution in [-0.4, -0.2) is 39.3 Å². The van der Waals surface area contributed by atoms with Gasteiger partial charge < -0.3 is 9.64 Å². The van der Waals surface area contributed by atoms with Crippen LogP contribution in [0.15, 0.2) is 36.7 Å². The van der Waals surface area contributed by atoms with Crippen LogP contribution in [-0.2, 0) is 11.2 Å². The molecule has 2 atom stereocenters. The summed E-state index contributed by atoms with van der Waals surface area (Å²) in [4.78, 5) is 15.1. The van der Waals surface area contributed by atoms with Crippen LogP contribution in [0.3, 0.4) is 0 Å². The lowest BCUT2D eigenvalue weighted by Gasteiger charge is -2.39. The molecule has 1 aromatic heterocycles. The molecule has 0 aliphatic carbocycles. The topological polar surface area (TPSA) is 47.4 Å². The number of carbonyl (C=O) groups is 1. The highest BCUT2D eigenvalue weighted by Gasteiger charge is 2.43. The van der Waals surface area contributed by atoms with Crippen molar-refractivity contribution in [2.75, 3.05) is 6.61 Å². The zero-order valence-electron chi connectivity index (χ0n) is 15.0. The van der Waals surface area contributed by atoms with Gasteiger partial charge in [0.25, 0.3) is 0 Å². The van der Waals surface area contributed by atoms with E-state index >= 15 is 0 Å². The van der Waals surface area contributed by atoms with E-state index < -0.39 is 0 Å². The minimum absolute atomic E-state index is 0.235. The predicted molar refractivity (Wildman–Crippen MR) is 100 cm³/mol. The van der Waals surface area contributed by atoms with Crippen LogP contribution in [0.1, 0.15) is 44.2 Å². The second-order valence-electron chi connectivity index (χ2n) is 7.20. The Morgan fingerprint density at radius 2 is 1.88 bits per heavy atom. The molecule has 138 valence electrons. The zero-order chi connectivity index (χ0) is 18.1. The standard InChI is InChI=1S/C20H24ClN3O2/c1-2-26-19-7-3-14(4-8-19)9-20(25)24-16-5-6-17(24)11-18(10-16)23-13-15(21)12-22-23/h3-4,7-8,12-13,16-18H,2,5-6,9-11H2,1H3. The molecule has 2 saturated heterocycles. The van der Waals surface area contributed by atoms with Gasteiger partial charge in [-0.3, -0.25) is 9.48 Å². The van der Waals surface area contributed by atoms with Crippen molar-refractivity contribution < 1.29 is 9.53 Å². The third-order valence-corrected chi connectivity index (χ3v) is 5.73. The third-order valence-electron chi connectivity index (χ3n) is 5.53. The Hall–Kier alpha value is -2.01. The monoisotopic (exact) mass is 373 g/mol. The molecular formula is C20H24ClN3O2. The largest absolute Gasteiger partial charge is 0.494 e. The van der Waals surface area contributed by atoms with Gasteiger partial charge in [-0.25, -0.2) is 0 Å². The summed E-state index contributed by atoms with van der Waals surface area (Å²) in [6, 6.07) is 8.83. The maximum absolute atomic E-state index is 12.9. The summed E-state index contributed by atoms with van der Waals surface area (Å²) >= 11 is 6.01. The van der Waals surface area contributed by atoms with Crippen LogP contribution < -0.4 is 4.74 Å². The molecule has 5 nitrogen and oxygen atoms in total. The summed E-state index contributed by atoms with van der Waals surface area (Å²) in [5.41, 5.74) is 1.04. The molecule has 2 aliphatic heterocycles. The number of benzene rings is 1. The number of fused-ring (bicyclic) bond motifs is 2. The highest BCUT2D eigenvalue weighted by Crippen LogP contribution is 2.41. The van der Waals surface area contributed by atoms with Crippen molar-refractivity contribution in [3.8, 4) is 5.75 Å². The first-order valence-electron chi connectivity index (χ1n) is 9.36. The molecule has 3 heterocycles. The lowest BCUT2D eigenvalue weighted by Crippen LogP contribution is -2.47. The van der Waals surface area contributed by atoms with E-state index in [1.54, 1.807) is 6.20 Å². The normalized spacial score (nSPS) is 24.7. The average Bonchev–Trinajstić information content (AvgIpc) is 3.18. The van der Waals surface area contributed by atoms with E-state index in [1.807, 2.05) is 42.1 Å². The van der Waals surface area contributed by atoms with Gasteiger partial charge in [0.1, 0.15) is 5.75 Å². The summed E-state index contributed by atoms with van der Waals surface area (Å²) in [5.74, 6) is 1.08. The second-order valence-corrected chi connectivity index (χ2v) is 7.64. The van der Waals surface area contributed by atoms with Gasteiger partial charge in [-0.1, -0.05) is 23.7 Å². The van der Waals surface area contributed by atoms with Crippen LogP contribution >= 0.6 is 11.6 Å². The van der Waals surface area contributed by atoms with E-state index in [-0.39, 0.29) is 5.91 Å². The van der Waals surface area contributed by atoms with Crippen molar-refractivity contribution in [3.05, 3.63) is 47.2 Å². The number of hydrogen-bond acceptors (Lipinski definition) is 3. The van der Waals surface area contributed by atoms with Crippen molar-refractivity contribution in [3.63, 3.8) is 0 Å². The number of hydrogen-bond donors (Lipinski definition) is 0. The molecule has 0 radical (unpaired) electrons. The van der Waals surface area contributed by atoms with Crippen molar-refractivity contribution >= 4 is 17.5 Å². The Morgan fingerprint density at radius 1 is 1.19 bits per heavy atom. The first kappa shape index (κ1) is 17.4. The minimum Gasteiger partial charge on any atom is -0.494 e. The van der Waals surface area contributed by atoms with E-state index in [1.165, 1.54) is 0 Å². The third kappa shape index (κ3) is 3.45. The quantitative estimate of drug-likeness (QED) is 0.799. The lowest BCUT2D eigenvalue weighted by molar-refractivity contribution is -0.135. The number of halogens is 1. The molecule has 2 aliphatic rings. The van der Waals surface area contributed by atoms with Crippen molar-refractivity contribution in [2.45, 2.75) is 57.2 Å². The molecule has 2 bridgehead atoms. The lowest BCUT2D eigenvalue weighted by atomic mass is 9.96. The van der Waals surface area contributed by atoms with E-state index in [4.69, 9.17) is 16.3 Å². The predicted octanol–water partition coefficient (Wildman–Crippen LogP) is 3.87. The molecule has 0 saturated carbocycles. The Balaban J connectivity index is 1.41. The van der Waals surface area contributed by atoms with Gasteiger partial charge in [0, 0.05) is 18.3 Å². The molecule has 26 heavy (non-hydrogen) atoms. The molecule has 1 aromatic carbocycles. The van der Waals surface area contributed by atoms with Crippen molar-refractivity contribution in [1.82, 2.24) is 14.7 Å². The molecule has 6 heteroatoms. The Morgan fingerprint density at radius 3 is 2.46 bits per heavy atom. The molecular weight excluding hydrogens is 350 g/mol. The fourth-order valence-corrected chi connectivity index (χ4v) is 4.57. The van der Waals surface area contributed by atoms with Gasteiger partial charge in [0.05, 0.1) is 30.3 Å². The highest BCUT2D eigenvalue weighted by molar-refractivity contribution is 6.30. The van der Waals surface area contributed by atoms with E-state index in [2.05, 4.69) is 10.00 Å². The minimum atomic E-state index is 0.235. The van der Waals surface area contributed by atoms with E-state index in [9.17, 15) is 4.79 Å². The van der Waals surface area contributed by atoms with Gasteiger partial charge in [-0.15, -0.1) is 0 Å². The Kier molecular flexibility index (Phi) is 4.90. The molecule has 2 unspecified atom stereocenters.